The Kier molecular flexibility index (Phi) is 4.31. The second-order valence-corrected chi connectivity index (χ2v) is 6.93. The van der Waals surface area contributed by atoms with E-state index in [9.17, 15) is 5.26 Å². The van der Waals surface area contributed by atoms with E-state index in [-0.39, 0.29) is 0 Å². The quantitative estimate of drug-likeness (QED) is 0.699. The van der Waals surface area contributed by atoms with Crippen LogP contribution in [0.4, 0.5) is 5.82 Å². The highest BCUT2D eigenvalue weighted by molar-refractivity contribution is 5.85. The van der Waals surface area contributed by atoms with Crippen LogP contribution >= 0.6 is 0 Å². The number of aryl methyl sites for hydroxylation is 1. The Bertz CT molecular complexity index is 940. The molecule has 3 heterocycles. The van der Waals surface area contributed by atoms with Gasteiger partial charge >= 0.3 is 0 Å². The molecule has 4 nitrogen and oxygen atoms in total. The Labute approximate surface area is 148 Å². The number of rotatable bonds is 3. The van der Waals surface area contributed by atoms with Crippen LogP contribution in [0.1, 0.15) is 50.2 Å². The molecule has 0 bridgehead atoms. The lowest BCUT2D eigenvalue weighted by Gasteiger charge is -2.25. The van der Waals surface area contributed by atoms with Gasteiger partial charge in [-0.2, -0.15) is 5.26 Å². The maximum atomic E-state index is 9.80. The molecule has 1 fully saturated rings. The van der Waals surface area contributed by atoms with Crippen molar-refractivity contribution in [3.05, 3.63) is 41.5 Å². The van der Waals surface area contributed by atoms with Crippen LogP contribution in [0, 0.1) is 11.3 Å². The Hall–Kier alpha value is -2.54. The van der Waals surface area contributed by atoms with Gasteiger partial charge in [-0.3, -0.25) is 4.40 Å². The smallest absolute Gasteiger partial charge is 0.157 e. The Morgan fingerprint density at radius 3 is 2.60 bits per heavy atom. The molecule has 0 atom stereocenters. The first-order valence-electron chi connectivity index (χ1n) is 9.41. The molecule has 3 aromatic rings. The van der Waals surface area contributed by atoms with Gasteiger partial charge in [-0.15, -0.1) is 0 Å². The first-order valence-corrected chi connectivity index (χ1v) is 9.41. The summed E-state index contributed by atoms with van der Waals surface area (Å²) in [5.74, 6) is 1.20. The van der Waals surface area contributed by atoms with Crippen molar-refractivity contribution in [2.24, 2.45) is 0 Å². The molecule has 4 rings (SSSR count). The zero-order valence-corrected chi connectivity index (χ0v) is 14.8. The molecule has 2 aromatic heterocycles. The largest absolute Gasteiger partial charge is 0.358 e. The summed E-state index contributed by atoms with van der Waals surface area (Å²) in [4.78, 5) is 7.32. The third-order valence-corrected chi connectivity index (χ3v) is 5.20. The van der Waals surface area contributed by atoms with E-state index in [2.05, 4.69) is 40.5 Å². The van der Waals surface area contributed by atoms with Gasteiger partial charge in [-0.25, -0.2) is 4.98 Å². The molecule has 0 spiro atoms. The molecule has 0 amide bonds. The highest BCUT2D eigenvalue weighted by atomic mass is 15.2. The molecular formula is C21H24N4. The molecule has 1 aliphatic rings. The van der Waals surface area contributed by atoms with Crippen molar-refractivity contribution in [2.75, 3.05) is 18.0 Å². The normalized spacial score (nSPS) is 15.4. The van der Waals surface area contributed by atoms with Crippen molar-refractivity contribution in [1.29, 1.82) is 5.26 Å². The van der Waals surface area contributed by atoms with E-state index in [4.69, 9.17) is 4.98 Å². The predicted octanol–water partition coefficient (Wildman–Crippen LogP) is 4.69. The number of benzene rings is 1. The second kappa shape index (κ2) is 6.76. The van der Waals surface area contributed by atoms with Crippen LogP contribution in [-0.4, -0.2) is 22.5 Å². The summed E-state index contributed by atoms with van der Waals surface area (Å²) in [6, 6.07) is 12.9. The average Bonchev–Trinajstić information content (AvgIpc) is 2.81. The summed E-state index contributed by atoms with van der Waals surface area (Å²) >= 11 is 0. The third kappa shape index (κ3) is 2.74. The van der Waals surface area contributed by atoms with Crippen molar-refractivity contribution >= 4 is 22.5 Å². The number of imidazole rings is 1. The fraction of sp³-hybridized carbons (Fsp3) is 0.429. The maximum Gasteiger partial charge on any atom is 0.157 e. The number of nitriles is 1. The van der Waals surface area contributed by atoms with Gasteiger partial charge in [0.15, 0.2) is 5.65 Å². The molecule has 128 valence electrons. The van der Waals surface area contributed by atoms with Crippen LogP contribution in [0.15, 0.2) is 30.3 Å². The monoisotopic (exact) mass is 332 g/mol. The number of anilines is 1. The average molecular weight is 332 g/mol. The van der Waals surface area contributed by atoms with E-state index in [1.165, 1.54) is 31.5 Å². The van der Waals surface area contributed by atoms with Crippen molar-refractivity contribution in [1.82, 2.24) is 9.38 Å². The van der Waals surface area contributed by atoms with Crippen LogP contribution in [0.5, 0.6) is 0 Å². The minimum atomic E-state index is 0.733. The van der Waals surface area contributed by atoms with Gasteiger partial charge < -0.3 is 4.90 Å². The summed E-state index contributed by atoms with van der Waals surface area (Å²) in [7, 11) is 0. The zero-order chi connectivity index (χ0) is 17.2. The molecular weight excluding hydrogens is 308 g/mol. The number of pyridine rings is 1. The van der Waals surface area contributed by atoms with Crippen LogP contribution < -0.4 is 4.90 Å². The molecule has 25 heavy (non-hydrogen) atoms. The molecule has 4 heteroatoms. The third-order valence-electron chi connectivity index (χ3n) is 5.20. The zero-order valence-electron chi connectivity index (χ0n) is 14.8. The first-order chi connectivity index (χ1) is 12.3. The van der Waals surface area contributed by atoms with E-state index in [1.54, 1.807) is 0 Å². The second-order valence-electron chi connectivity index (χ2n) is 6.93. The number of fused-ring (bicyclic) bond motifs is 3. The van der Waals surface area contributed by atoms with E-state index in [0.29, 0.717) is 0 Å². The van der Waals surface area contributed by atoms with Gasteiger partial charge in [-0.1, -0.05) is 38.3 Å². The summed E-state index contributed by atoms with van der Waals surface area (Å²) in [5, 5.41) is 9.80. The van der Waals surface area contributed by atoms with E-state index < -0.39 is 0 Å². The van der Waals surface area contributed by atoms with Gasteiger partial charge in [0.05, 0.1) is 16.6 Å². The summed E-state index contributed by atoms with van der Waals surface area (Å²) in [6.07, 6.45) is 7.03. The number of para-hydroxylation sites is 2. The van der Waals surface area contributed by atoms with Gasteiger partial charge in [-0.05, 0) is 43.0 Å². The van der Waals surface area contributed by atoms with Gasteiger partial charge in [0.25, 0.3) is 0 Å². The van der Waals surface area contributed by atoms with Gasteiger partial charge in [0.2, 0.25) is 0 Å². The minimum Gasteiger partial charge on any atom is -0.358 e. The topological polar surface area (TPSA) is 44.3 Å². The van der Waals surface area contributed by atoms with Crippen LogP contribution in [-0.2, 0) is 6.42 Å². The molecule has 0 N–H and O–H groups in total. The minimum absolute atomic E-state index is 0.733. The maximum absolute atomic E-state index is 9.80. The molecule has 0 radical (unpaired) electrons. The van der Waals surface area contributed by atoms with E-state index in [1.807, 2.05) is 12.1 Å². The Balaban J connectivity index is 2.03. The number of aromatic nitrogens is 2. The highest BCUT2D eigenvalue weighted by Crippen LogP contribution is 2.30. The Morgan fingerprint density at radius 1 is 1.12 bits per heavy atom. The van der Waals surface area contributed by atoms with E-state index in [0.717, 1.165) is 53.7 Å². The van der Waals surface area contributed by atoms with Gasteiger partial charge in [0.1, 0.15) is 11.9 Å². The Morgan fingerprint density at radius 2 is 1.88 bits per heavy atom. The summed E-state index contributed by atoms with van der Waals surface area (Å²) in [6.45, 7) is 4.33. The first kappa shape index (κ1) is 16.0. The SMILES string of the molecule is CCCc1cc(N2CCCCCC2)n2c(nc3ccccc32)c1C#N. The van der Waals surface area contributed by atoms with Crippen molar-refractivity contribution < 1.29 is 0 Å². The number of hydrogen-bond donors (Lipinski definition) is 0. The highest BCUT2D eigenvalue weighted by Gasteiger charge is 2.20. The van der Waals surface area contributed by atoms with Gasteiger partial charge in [0, 0.05) is 13.1 Å². The lowest BCUT2D eigenvalue weighted by Crippen LogP contribution is -2.26. The predicted molar refractivity (Wildman–Crippen MR) is 102 cm³/mol. The molecule has 1 aromatic carbocycles. The van der Waals surface area contributed by atoms with E-state index >= 15 is 0 Å². The number of nitrogens with zero attached hydrogens (tertiary/aromatic N) is 4. The molecule has 0 aliphatic carbocycles. The van der Waals surface area contributed by atoms with Crippen molar-refractivity contribution in [3.63, 3.8) is 0 Å². The summed E-state index contributed by atoms with van der Waals surface area (Å²) < 4.78 is 2.21. The lowest BCUT2D eigenvalue weighted by molar-refractivity contribution is 0.726. The van der Waals surface area contributed by atoms with Crippen LogP contribution in [0.2, 0.25) is 0 Å². The fourth-order valence-electron chi connectivity index (χ4n) is 3.98. The van der Waals surface area contributed by atoms with Crippen LogP contribution in [0.3, 0.4) is 0 Å². The lowest BCUT2D eigenvalue weighted by atomic mass is 10.1. The fourth-order valence-corrected chi connectivity index (χ4v) is 3.98. The van der Waals surface area contributed by atoms with Crippen molar-refractivity contribution in [3.8, 4) is 6.07 Å². The molecule has 1 saturated heterocycles. The van der Waals surface area contributed by atoms with Crippen molar-refractivity contribution in [2.45, 2.75) is 45.4 Å². The van der Waals surface area contributed by atoms with Crippen LogP contribution in [0.25, 0.3) is 16.7 Å². The number of hydrogen-bond acceptors (Lipinski definition) is 3. The molecule has 0 unspecified atom stereocenters. The molecule has 0 saturated carbocycles. The standard InChI is InChI=1S/C21H24N4/c1-2-9-16-14-20(24-12-7-3-4-8-13-24)25-19-11-6-5-10-18(19)23-21(25)17(16)15-22/h5-6,10-11,14H,2-4,7-9,12-13H2,1H3. The molecule has 1 aliphatic heterocycles. The summed E-state index contributed by atoms with van der Waals surface area (Å²) in [5.41, 5.74) is 4.73.